The average Bonchev–Trinajstić information content (AvgIpc) is 2.75. The highest BCUT2D eigenvalue weighted by Crippen LogP contribution is 2.30. The molecule has 0 saturated carbocycles. The molecule has 1 aromatic carbocycles. The first-order valence-corrected chi connectivity index (χ1v) is 8.46. The first kappa shape index (κ1) is 18.9. The number of ether oxygens (including phenoxy) is 1. The highest BCUT2D eigenvalue weighted by atomic mass is 19.1. The maximum atomic E-state index is 14.4. The van der Waals surface area contributed by atoms with Gasteiger partial charge < -0.3 is 15.8 Å². The van der Waals surface area contributed by atoms with Crippen LogP contribution in [0.5, 0.6) is 0 Å². The minimum absolute atomic E-state index is 0.0501. The van der Waals surface area contributed by atoms with Gasteiger partial charge in [-0.15, -0.1) is 0 Å². The van der Waals surface area contributed by atoms with Crippen LogP contribution in [0.1, 0.15) is 42.4 Å². The predicted molar refractivity (Wildman–Crippen MR) is 97.6 cm³/mol. The highest BCUT2D eigenvalue weighted by molar-refractivity contribution is 6.02. The number of nitrogens with two attached hydrogens (primary N) is 1. The molecule has 8 heteroatoms. The maximum absolute atomic E-state index is 14.4. The number of aromatic nitrogens is 1. The second kappa shape index (κ2) is 7.40. The number of halogens is 2. The van der Waals surface area contributed by atoms with E-state index in [1.165, 1.54) is 24.3 Å². The van der Waals surface area contributed by atoms with Gasteiger partial charge in [0.1, 0.15) is 28.8 Å². The number of amides is 1. The number of nitrogens with one attached hydrogen (secondary N) is 1. The van der Waals surface area contributed by atoms with Gasteiger partial charge in [-0.2, -0.15) is 0 Å². The van der Waals surface area contributed by atoms with Crippen molar-refractivity contribution in [2.75, 3.05) is 11.9 Å². The molecule has 2 aromatic rings. The largest absolute Gasteiger partial charge is 0.385 e. The Morgan fingerprint density at radius 3 is 2.78 bits per heavy atom. The van der Waals surface area contributed by atoms with E-state index in [2.05, 4.69) is 15.3 Å². The van der Waals surface area contributed by atoms with Crippen LogP contribution in [-0.4, -0.2) is 28.9 Å². The number of rotatable bonds is 3. The molecule has 1 atom stereocenters. The van der Waals surface area contributed by atoms with Gasteiger partial charge in [0.15, 0.2) is 0 Å². The van der Waals surface area contributed by atoms with E-state index < -0.39 is 29.2 Å². The van der Waals surface area contributed by atoms with E-state index in [4.69, 9.17) is 10.5 Å². The molecule has 0 fully saturated rings. The summed E-state index contributed by atoms with van der Waals surface area (Å²) in [5.41, 5.74) is 6.01. The van der Waals surface area contributed by atoms with Crippen molar-refractivity contribution in [3.05, 3.63) is 59.4 Å². The lowest BCUT2D eigenvalue weighted by Crippen LogP contribution is -2.40. The van der Waals surface area contributed by atoms with Crippen molar-refractivity contribution < 1.29 is 18.3 Å². The van der Waals surface area contributed by atoms with Crippen LogP contribution in [0, 0.1) is 11.6 Å². The number of hydrogen-bond donors (Lipinski definition) is 2. The molecule has 3 N–H and O–H groups in total. The van der Waals surface area contributed by atoms with E-state index in [-0.39, 0.29) is 11.5 Å². The second-order valence-electron chi connectivity index (χ2n) is 6.73. The van der Waals surface area contributed by atoms with Crippen LogP contribution in [0.15, 0.2) is 41.5 Å². The molecule has 3 rings (SSSR count). The van der Waals surface area contributed by atoms with Gasteiger partial charge >= 0.3 is 0 Å². The molecule has 1 aromatic heterocycles. The first-order chi connectivity index (χ1) is 12.8. The SMILES string of the molecule is CC1(C)OCCC(c2cc(NC(=O)c3ccc(F)cn3)ccc2F)N=C1N. The van der Waals surface area contributed by atoms with Crippen LogP contribution in [0.4, 0.5) is 14.5 Å². The van der Waals surface area contributed by atoms with E-state index in [1.54, 1.807) is 13.8 Å². The lowest BCUT2D eigenvalue weighted by molar-refractivity contribution is 0.0355. The average molecular weight is 374 g/mol. The Bertz CT molecular complexity index is 882. The summed E-state index contributed by atoms with van der Waals surface area (Å²) in [6.07, 6.45) is 1.41. The summed E-state index contributed by atoms with van der Waals surface area (Å²) < 4.78 is 33.0. The van der Waals surface area contributed by atoms with Gasteiger partial charge in [-0.1, -0.05) is 0 Å². The number of pyridine rings is 1. The van der Waals surface area contributed by atoms with Crippen molar-refractivity contribution in [2.24, 2.45) is 10.7 Å². The molecule has 27 heavy (non-hydrogen) atoms. The Labute approximate surface area is 155 Å². The normalized spacial score (nSPS) is 19.1. The van der Waals surface area contributed by atoms with Gasteiger partial charge in [0.25, 0.3) is 5.91 Å². The van der Waals surface area contributed by atoms with E-state index in [0.29, 0.717) is 24.3 Å². The van der Waals surface area contributed by atoms with Gasteiger partial charge in [0.2, 0.25) is 0 Å². The Balaban J connectivity index is 1.85. The molecular formula is C19H20F2N4O2. The van der Waals surface area contributed by atoms with Crippen LogP contribution in [0.3, 0.4) is 0 Å². The van der Waals surface area contributed by atoms with Crippen molar-refractivity contribution >= 4 is 17.4 Å². The van der Waals surface area contributed by atoms with Gasteiger partial charge in [0, 0.05) is 11.3 Å². The van der Waals surface area contributed by atoms with Crippen molar-refractivity contribution in [3.8, 4) is 0 Å². The summed E-state index contributed by atoms with van der Waals surface area (Å²) >= 11 is 0. The Hall–Kier alpha value is -2.87. The zero-order chi connectivity index (χ0) is 19.6. The van der Waals surface area contributed by atoms with Crippen LogP contribution in [0.25, 0.3) is 0 Å². The fraction of sp³-hybridized carbons (Fsp3) is 0.316. The minimum atomic E-state index is -0.717. The Kier molecular flexibility index (Phi) is 5.18. The number of carbonyl (C=O) groups is 1. The zero-order valence-corrected chi connectivity index (χ0v) is 15.0. The fourth-order valence-corrected chi connectivity index (χ4v) is 2.69. The van der Waals surface area contributed by atoms with Gasteiger partial charge in [-0.3, -0.25) is 9.79 Å². The number of carbonyl (C=O) groups excluding carboxylic acids is 1. The Morgan fingerprint density at radius 2 is 2.07 bits per heavy atom. The smallest absolute Gasteiger partial charge is 0.274 e. The molecule has 0 spiro atoms. The molecule has 142 valence electrons. The minimum Gasteiger partial charge on any atom is -0.385 e. The molecule has 0 saturated heterocycles. The third-order valence-electron chi connectivity index (χ3n) is 4.34. The van der Waals surface area contributed by atoms with Crippen LogP contribution in [-0.2, 0) is 4.74 Å². The van der Waals surface area contributed by atoms with Crippen molar-refractivity contribution in [1.82, 2.24) is 4.98 Å². The Morgan fingerprint density at radius 1 is 1.30 bits per heavy atom. The van der Waals surface area contributed by atoms with Crippen molar-refractivity contribution in [3.63, 3.8) is 0 Å². The molecule has 1 aliphatic heterocycles. The summed E-state index contributed by atoms with van der Waals surface area (Å²) in [6.45, 7) is 3.98. The van der Waals surface area contributed by atoms with Crippen LogP contribution in [0.2, 0.25) is 0 Å². The molecule has 2 heterocycles. The summed E-state index contributed by atoms with van der Waals surface area (Å²) in [5.74, 6) is -1.23. The summed E-state index contributed by atoms with van der Waals surface area (Å²) in [7, 11) is 0. The van der Waals surface area contributed by atoms with Crippen LogP contribution < -0.4 is 11.1 Å². The number of nitrogens with zero attached hydrogens (tertiary/aromatic N) is 2. The van der Waals surface area contributed by atoms with E-state index in [1.807, 2.05) is 0 Å². The molecule has 0 radical (unpaired) electrons. The fourth-order valence-electron chi connectivity index (χ4n) is 2.69. The quantitative estimate of drug-likeness (QED) is 0.863. The molecule has 1 unspecified atom stereocenters. The van der Waals surface area contributed by atoms with E-state index >= 15 is 0 Å². The molecule has 0 aliphatic carbocycles. The van der Waals surface area contributed by atoms with Gasteiger partial charge in [-0.25, -0.2) is 13.8 Å². The lowest BCUT2D eigenvalue weighted by atomic mass is 10.0. The lowest BCUT2D eigenvalue weighted by Gasteiger charge is -2.22. The van der Waals surface area contributed by atoms with Crippen molar-refractivity contribution in [1.29, 1.82) is 0 Å². The molecule has 6 nitrogen and oxygen atoms in total. The topological polar surface area (TPSA) is 89.6 Å². The maximum Gasteiger partial charge on any atom is 0.274 e. The van der Waals surface area contributed by atoms with Crippen molar-refractivity contribution in [2.45, 2.75) is 31.9 Å². The number of benzene rings is 1. The first-order valence-electron chi connectivity index (χ1n) is 8.46. The molecule has 1 aliphatic rings. The number of hydrogen-bond acceptors (Lipinski definition) is 5. The van der Waals surface area contributed by atoms with Gasteiger partial charge in [-0.05, 0) is 50.6 Å². The second-order valence-corrected chi connectivity index (χ2v) is 6.73. The zero-order valence-electron chi connectivity index (χ0n) is 15.0. The highest BCUT2D eigenvalue weighted by Gasteiger charge is 2.29. The predicted octanol–water partition coefficient (Wildman–Crippen LogP) is 3.21. The summed E-state index contributed by atoms with van der Waals surface area (Å²) in [4.78, 5) is 20.4. The number of anilines is 1. The standard InChI is InChI=1S/C19H20F2N4O2/c1-19(2)18(22)25-15(7-8-27-19)13-9-12(4-5-14(13)21)24-17(26)16-6-3-11(20)10-23-16/h3-6,9-10,15H,7-8H2,1-2H3,(H2,22,25)(H,24,26). The van der Waals surface area contributed by atoms with E-state index in [0.717, 1.165) is 12.3 Å². The molecule has 0 bridgehead atoms. The third-order valence-corrected chi connectivity index (χ3v) is 4.34. The monoisotopic (exact) mass is 374 g/mol. The molecular weight excluding hydrogens is 354 g/mol. The van der Waals surface area contributed by atoms with Crippen LogP contribution >= 0.6 is 0 Å². The van der Waals surface area contributed by atoms with E-state index in [9.17, 15) is 13.6 Å². The van der Waals surface area contributed by atoms with Gasteiger partial charge in [0.05, 0.1) is 18.8 Å². The number of amidine groups is 1. The molecule has 1 amide bonds. The third kappa shape index (κ3) is 4.28. The summed E-state index contributed by atoms with van der Waals surface area (Å²) in [5, 5.41) is 2.63. The summed E-state index contributed by atoms with van der Waals surface area (Å²) in [6, 6.07) is 6.09. The number of aliphatic imine (C=N–C) groups is 1.